The van der Waals surface area contributed by atoms with E-state index >= 15 is 0 Å². The van der Waals surface area contributed by atoms with Gasteiger partial charge in [-0.25, -0.2) is 13.1 Å². The molecule has 6 heteroatoms. The first-order chi connectivity index (χ1) is 8.86. The summed E-state index contributed by atoms with van der Waals surface area (Å²) in [4.78, 5) is 22.4. The number of hydrogen-bond acceptors (Lipinski definition) is 4. The number of carbonyl (C=O) groups is 2. The van der Waals surface area contributed by atoms with Crippen molar-refractivity contribution in [2.75, 3.05) is 0 Å². The van der Waals surface area contributed by atoms with Crippen molar-refractivity contribution in [3.63, 3.8) is 0 Å². The van der Waals surface area contributed by atoms with E-state index in [2.05, 4.69) is 6.58 Å². The van der Waals surface area contributed by atoms with Crippen LogP contribution in [0.1, 0.15) is 30.1 Å². The standard InChI is InChI=1S/C13H15NO4S/c1-3-4-5-13(16)14-19(17,18)12-8-6-11(7-9-12)10(2)15/h3,6-9H,1,4-5H2,2H3,(H,14,16). The van der Waals surface area contributed by atoms with E-state index in [1.165, 1.54) is 37.3 Å². The Bertz CT molecular complexity index is 588. The highest BCUT2D eigenvalue weighted by Gasteiger charge is 2.17. The molecule has 0 aliphatic heterocycles. The van der Waals surface area contributed by atoms with Gasteiger partial charge in [0, 0.05) is 12.0 Å². The van der Waals surface area contributed by atoms with Crippen LogP contribution in [0.2, 0.25) is 0 Å². The number of rotatable bonds is 6. The molecule has 19 heavy (non-hydrogen) atoms. The summed E-state index contributed by atoms with van der Waals surface area (Å²) in [7, 11) is -3.88. The Kier molecular flexibility index (Phi) is 5.00. The number of Topliss-reactive ketones (excluding diaryl/α,β-unsaturated/α-hetero) is 1. The molecule has 0 atom stereocenters. The zero-order chi connectivity index (χ0) is 14.5. The van der Waals surface area contributed by atoms with Crippen molar-refractivity contribution >= 4 is 21.7 Å². The smallest absolute Gasteiger partial charge is 0.264 e. The fourth-order valence-corrected chi connectivity index (χ4v) is 2.38. The van der Waals surface area contributed by atoms with Gasteiger partial charge in [0.2, 0.25) is 5.91 Å². The number of ketones is 1. The summed E-state index contributed by atoms with van der Waals surface area (Å²) in [5, 5.41) is 0. The summed E-state index contributed by atoms with van der Waals surface area (Å²) in [6.07, 6.45) is 2.01. The maximum absolute atomic E-state index is 11.8. The molecule has 0 unspecified atom stereocenters. The number of allylic oxidation sites excluding steroid dienone is 1. The number of nitrogens with one attached hydrogen (secondary N) is 1. The summed E-state index contributed by atoms with van der Waals surface area (Å²) in [5.74, 6) is -0.741. The summed E-state index contributed by atoms with van der Waals surface area (Å²) in [6.45, 7) is 4.84. The number of amides is 1. The number of hydrogen-bond donors (Lipinski definition) is 1. The maximum atomic E-state index is 11.8. The van der Waals surface area contributed by atoms with Crippen molar-refractivity contribution in [1.29, 1.82) is 0 Å². The van der Waals surface area contributed by atoms with Gasteiger partial charge in [0.1, 0.15) is 0 Å². The molecule has 5 nitrogen and oxygen atoms in total. The lowest BCUT2D eigenvalue weighted by atomic mass is 10.2. The molecular formula is C13H15NO4S. The van der Waals surface area contributed by atoms with Crippen LogP contribution < -0.4 is 4.72 Å². The highest BCUT2D eigenvalue weighted by molar-refractivity contribution is 7.90. The van der Waals surface area contributed by atoms with E-state index in [4.69, 9.17) is 0 Å². The molecule has 1 N–H and O–H groups in total. The van der Waals surface area contributed by atoms with E-state index in [9.17, 15) is 18.0 Å². The third-order valence-electron chi connectivity index (χ3n) is 2.39. The molecular weight excluding hydrogens is 266 g/mol. The predicted molar refractivity (Wildman–Crippen MR) is 71.2 cm³/mol. The van der Waals surface area contributed by atoms with E-state index in [-0.39, 0.29) is 17.1 Å². The van der Waals surface area contributed by atoms with E-state index in [1.807, 2.05) is 4.72 Å². The third kappa shape index (κ3) is 4.33. The van der Waals surface area contributed by atoms with Crippen LogP contribution in [-0.4, -0.2) is 20.1 Å². The van der Waals surface area contributed by atoms with Crippen molar-refractivity contribution < 1.29 is 18.0 Å². The molecule has 0 heterocycles. The Morgan fingerprint density at radius 1 is 1.26 bits per heavy atom. The zero-order valence-corrected chi connectivity index (χ0v) is 11.4. The second kappa shape index (κ2) is 6.29. The molecule has 1 aromatic rings. The minimum absolute atomic E-state index is 0.0514. The molecule has 1 amide bonds. The normalized spacial score (nSPS) is 10.8. The quantitative estimate of drug-likeness (QED) is 0.635. The lowest BCUT2D eigenvalue weighted by Crippen LogP contribution is -2.30. The van der Waals surface area contributed by atoms with Gasteiger partial charge in [0.05, 0.1) is 4.90 Å². The maximum Gasteiger partial charge on any atom is 0.264 e. The van der Waals surface area contributed by atoms with Crippen LogP contribution in [0.3, 0.4) is 0 Å². The molecule has 0 saturated heterocycles. The van der Waals surface area contributed by atoms with E-state index < -0.39 is 15.9 Å². The van der Waals surface area contributed by atoms with E-state index in [0.717, 1.165) is 0 Å². The molecule has 0 aliphatic rings. The van der Waals surface area contributed by atoms with Gasteiger partial charge in [-0.15, -0.1) is 6.58 Å². The molecule has 0 saturated carbocycles. The molecule has 1 aromatic carbocycles. The Hall–Kier alpha value is -1.95. The topological polar surface area (TPSA) is 80.3 Å². The SMILES string of the molecule is C=CCCC(=O)NS(=O)(=O)c1ccc(C(C)=O)cc1. The van der Waals surface area contributed by atoms with Crippen LogP contribution >= 0.6 is 0 Å². The molecule has 102 valence electrons. The molecule has 0 radical (unpaired) electrons. The fraction of sp³-hybridized carbons (Fsp3) is 0.231. The van der Waals surface area contributed by atoms with Gasteiger partial charge < -0.3 is 0 Å². The van der Waals surface area contributed by atoms with Crippen molar-refractivity contribution in [2.24, 2.45) is 0 Å². The first kappa shape index (κ1) is 15.1. The van der Waals surface area contributed by atoms with Gasteiger partial charge in [0.25, 0.3) is 10.0 Å². The number of benzene rings is 1. The predicted octanol–water partition coefficient (Wildman–Crippen LogP) is 1.66. The monoisotopic (exact) mass is 281 g/mol. The summed E-state index contributed by atoms with van der Waals surface area (Å²) in [5.41, 5.74) is 0.414. The average molecular weight is 281 g/mol. The molecule has 0 aliphatic carbocycles. The molecule has 1 rings (SSSR count). The van der Waals surface area contributed by atoms with Gasteiger partial charge in [-0.2, -0.15) is 0 Å². The highest BCUT2D eigenvalue weighted by Crippen LogP contribution is 2.11. The van der Waals surface area contributed by atoms with Crippen molar-refractivity contribution in [2.45, 2.75) is 24.7 Å². The van der Waals surface area contributed by atoms with Gasteiger partial charge in [0.15, 0.2) is 5.78 Å². The molecule has 0 spiro atoms. The summed E-state index contributed by atoms with van der Waals surface area (Å²) in [6, 6.07) is 5.40. The first-order valence-corrected chi connectivity index (χ1v) is 7.12. The third-order valence-corrected chi connectivity index (χ3v) is 3.78. The van der Waals surface area contributed by atoms with Crippen LogP contribution in [0.4, 0.5) is 0 Å². The summed E-state index contributed by atoms with van der Waals surface area (Å²) < 4.78 is 25.6. The lowest BCUT2D eigenvalue weighted by Gasteiger charge is -2.06. The number of carbonyl (C=O) groups excluding carboxylic acids is 2. The van der Waals surface area contributed by atoms with Gasteiger partial charge in [-0.05, 0) is 25.5 Å². The Labute approximate surface area is 112 Å². The Balaban J connectivity index is 2.85. The largest absolute Gasteiger partial charge is 0.295 e. The van der Waals surface area contributed by atoms with Crippen LogP contribution in [0.15, 0.2) is 41.8 Å². The zero-order valence-electron chi connectivity index (χ0n) is 10.5. The highest BCUT2D eigenvalue weighted by atomic mass is 32.2. The lowest BCUT2D eigenvalue weighted by molar-refractivity contribution is -0.119. The van der Waals surface area contributed by atoms with Gasteiger partial charge in [-0.1, -0.05) is 18.2 Å². The fourth-order valence-electron chi connectivity index (χ4n) is 1.36. The summed E-state index contributed by atoms with van der Waals surface area (Å²) >= 11 is 0. The van der Waals surface area contributed by atoms with Crippen molar-refractivity contribution in [1.82, 2.24) is 4.72 Å². The van der Waals surface area contributed by atoms with E-state index in [0.29, 0.717) is 12.0 Å². The van der Waals surface area contributed by atoms with Crippen LogP contribution in [0.5, 0.6) is 0 Å². The van der Waals surface area contributed by atoms with Crippen LogP contribution in [0.25, 0.3) is 0 Å². The molecule has 0 bridgehead atoms. The molecule has 0 aromatic heterocycles. The second-order valence-corrected chi connectivity index (χ2v) is 5.62. The van der Waals surface area contributed by atoms with E-state index in [1.54, 1.807) is 0 Å². The van der Waals surface area contributed by atoms with Crippen molar-refractivity contribution in [3.05, 3.63) is 42.5 Å². The molecule has 0 fully saturated rings. The van der Waals surface area contributed by atoms with Crippen molar-refractivity contribution in [3.8, 4) is 0 Å². The minimum atomic E-state index is -3.88. The average Bonchev–Trinajstić information content (AvgIpc) is 2.36. The Morgan fingerprint density at radius 2 is 1.84 bits per heavy atom. The van der Waals surface area contributed by atoms with Crippen LogP contribution in [0, 0.1) is 0 Å². The first-order valence-electron chi connectivity index (χ1n) is 5.64. The van der Waals surface area contributed by atoms with Crippen LogP contribution in [-0.2, 0) is 14.8 Å². The van der Waals surface area contributed by atoms with Gasteiger partial charge in [-0.3, -0.25) is 9.59 Å². The van der Waals surface area contributed by atoms with Gasteiger partial charge >= 0.3 is 0 Å². The Morgan fingerprint density at radius 3 is 2.32 bits per heavy atom. The minimum Gasteiger partial charge on any atom is -0.295 e. The number of sulfonamides is 1. The second-order valence-electron chi connectivity index (χ2n) is 3.94.